The molecule has 0 radical (unpaired) electrons. The molecule has 7 heteroatoms. The van der Waals surface area contributed by atoms with E-state index < -0.39 is 11.9 Å². The van der Waals surface area contributed by atoms with Crippen LogP contribution in [0.15, 0.2) is 47.4 Å². The molecule has 0 unspecified atom stereocenters. The van der Waals surface area contributed by atoms with Crippen LogP contribution in [-0.4, -0.2) is 14.5 Å². The smallest absolute Gasteiger partial charge is 0.272 e. The van der Waals surface area contributed by atoms with Crippen LogP contribution in [0.4, 0.5) is 8.78 Å². The zero-order valence-corrected chi connectivity index (χ0v) is 13.4. The monoisotopic (exact) mass is 347 g/mol. The Hall–Kier alpha value is -2.60. The van der Waals surface area contributed by atoms with Crippen molar-refractivity contribution < 1.29 is 8.78 Å². The van der Waals surface area contributed by atoms with Crippen molar-refractivity contribution in [1.82, 2.24) is 14.5 Å². The van der Waals surface area contributed by atoms with Gasteiger partial charge in [-0.3, -0.25) is 4.79 Å². The SMILES string of the molecule is Cc1nc(-c2ccc(F)nc2F)cn(Cc2ccc(Cl)cc2)c1=O. The third-order valence-corrected chi connectivity index (χ3v) is 3.75. The molecule has 1 aromatic carbocycles. The molecule has 3 rings (SSSR count). The summed E-state index contributed by atoms with van der Waals surface area (Å²) in [5, 5.41) is 0.595. The number of benzene rings is 1. The fourth-order valence-electron chi connectivity index (χ4n) is 2.31. The van der Waals surface area contributed by atoms with Crippen LogP contribution in [0.1, 0.15) is 11.3 Å². The minimum atomic E-state index is -0.974. The van der Waals surface area contributed by atoms with Gasteiger partial charge in [0.1, 0.15) is 5.69 Å². The molecule has 0 N–H and O–H groups in total. The Bertz CT molecular complexity index is 955. The Labute approximate surface area is 141 Å². The van der Waals surface area contributed by atoms with E-state index in [9.17, 15) is 13.6 Å². The molecule has 2 heterocycles. The Balaban J connectivity index is 2.05. The van der Waals surface area contributed by atoms with Crippen LogP contribution in [0.5, 0.6) is 0 Å². The van der Waals surface area contributed by atoms with E-state index in [4.69, 9.17) is 11.6 Å². The molecule has 0 amide bonds. The highest BCUT2D eigenvalue weighted by molar-refractivity contribution is 6.30. The first kappa shape index (κ1) is 16.3. The molecular weight excluding hydrogens is 336 g/mol. The van der Waals surface area contributed by atoms with Gasteiger partial charge in [0.05, 0.1) is 17.8 Å². The van der Waals surface area contributed by atoms with Gasteiger partial charge in [0.25, 0.3) is 5.56 Å². The van der Waals surface area contributed by atoms with E-state index in [2.05, 4.69) is 9.97 Å². The van der Waals surface area contributed by atoms with Gasteiger partial charge >= 0.3 is 0 Å². The van der Waals surface area contributed by atoms with Crippen LogP contribution in [0.3, 0.4) is 0 Å². The molecule has 4 nitrogen and oxygen atoms in total. The first-order chi connectivity index (χ1) is 11.4. The van der Waals surface area contributed by atoms with Gasteiger partial charge in [0, 0.05) is 11.2 Å². The summed E-state index contributed by atoms with van der Waals surface area (Å²) < 4.78 is 28.3. The number of pyridine rings is 1. The average molecular weight is 348 g/mol. The Morgan fingerprint density at radius 1 is 1.08 bits per heavy atom. The third-order valence-electron chi connectivity index (χ3n) is 3.49. The topological polar surface area (TPSA) is 47.8 Å². The maximum atomic E-state index is 13.9. The Kier molecular flexibility index (Phi) is 4.40. The molecule has 0 aliphatic carbocycles. The number of rotatable bonds is 3. The molecular formula is C17H12ClF2N3O. The van der Waals surface area contributed by atoms with Gasteiger partial charge in [-0.2, -0.15) is 13.8 Å². The van der Waals surface area contributed by atoms with Gasteiger partial charge in [-0.05, 0) is 36.8 Å². The Morgan fingerprint density at radius 3 is 2.46 bits per heavy atom. The zero-order valence-electron chi connectivity index (χ0n) is 12.6. The van der Waals surface area contributed by atoms with Crippen molar-refractivity contribution in [1.29, 1.82) is 0 Å². The molecule has 24 heavy (non-hydrogen) atoms. The van der Waals surface area contributed by atoms with Crippen molar-refractivity contribution >= 4 is 11.6 Å². The molecule has 0 atom stereocenters. The van der Waals surface area contributed by atoms with E-state index in [1.807, 2.05) is 0 Å². The minimum absolute atomic E-state index is 0.0318. The number of aromatic nitrogens is 3. The van der Waals surface area contributed by atoms with Gasteiger partial charge in [-0.25, -0.2) is 4.98 Å². The third kappa shape index (κ3) is 3.33. The highest BCUT2D eigenvalue weighted by Gasteiger charge is 2.13. The van der Waals surface area contributed by atoms with E-state index >= 15 is 0 Å². The van der Waals surface area contributed by atoms with Crippen molar-refractivity contribution in [3.8, 4) is 11.3 Å². The quantitative estimate of drug-likeness (QED) is 0.680. The van der Waals surface area contributed by atoms with E-state index in [-0.39, 0.29) is 29.1 Å². The highest BCUT2D eigenvalue weighted by Crippen LogP contribution is 2.19. The first-order valence-corrected chi connectivity index (χ1v) is 7.47. The van der Waals surface area contributed by atoms with Crippen LogP contribution in [0.2, 0.25) is 5.02 Å². The van der Waals surface area contributed by atoms with Gasteiger partial charge < -0.3 is 4.57 Å². The maximum absolute atomic E-state index is 13.9. The van der Waals surface area contributed by atoms with E-state index in [0.717, 1.165) is 11.6 Å². The largest absolute Gasteiger partial charge is 0.307 e. The maximum Gasteiger partial charge on any atom is 0.272 e. The standard InChI is InChI=1S/C17H12ClF2N3O/c1-10-17(24)23(8-11-2-4-12(18)5-3-11)9-14(21-10)13-6-7-15(19)22-16(13)20/h2-7,9H,8H2,1H3. The molecule has 122 valence electrons. The summed E-state index contributed by atoms with van der Waals surface area (Å²) in [5.41, 5.74) is 1.03. The van der Waals surface area contributed by atoms with E-state index in [1.165, 1.54) is 16.8 Å². The number of halogens is 3. The van der Waals surface area contributed by atoms with Crippen molar-refractivity contribution in [2.45, 2.75) is 13.5 Å². The van der Waals surface area contributed by atoms with Crippen LogP contribution < -0.4 is 5.56 Å². The normalized spacial score (nSPS) is 10.8. The van der Waals surface area contributed by atoms with Gasteiger partial charge in [0.2, 0.25) is 11.9 Å². The van der Waals surface area contributed by atoms with E-state index in [0.29, 0.717) is 5.02 Å². The lowest BCUT2D eigenvalue weighted by atomic mass is 10.2. The van der Waals surface area contributed by atoms with Crippen molar-refractivity contribution in [2.24, 2.45) is 0 Å². The summed E-state index contributed by atoms with van der Waals surface area (Å²) >= 11 is 5.85. The number of hydrogen-bond donors (Lipinski definition) is 0. The second kappa shape index (κ2) is 6.49. The molecule has 2 aromatic heterocycles. The summed E-state index contributed by atoms with van der Waals surface area (Å²) in [6.45, 7) is 1.82. The molecule has 0 bridgehead atoms. The summed E-state index contributed by atoms with van der Waals surface area (Å²) in [7, 11) is 0. The van der Waals surface area contributed by atoms with Crippen LogP contribution in [0.25, 0.3) is 11.3 Å². The van der Waals surface area contributed by atoms with E-state index in [1.54, 1.807) is 31.2 Å². The van der Waals surface area contributed by atoms with Crippen molar-refractivity contribution in [2.75, 3.05) is 0 Å². The highest BCUT2D eigenvalue weighted by atomic mass is 35.5. The molecule has 0 aliphatic heterocycles. The molecule has 0 saturated carbocycles. The molecule has 0 saturated heterocycles. The average Bonchev–Trinajstić information content (AvgIpc) is 2.54. The van der Waals surface area contributed by atoms with Crippen molar-refractivity contribution in [3.63, 3.8) is 0 Å². The summed E-state index contributed by atoms with van der Waals surface area (Å²) in [6, 6.07) is 9.33. The van der Waals surface area contributed by atoms with Crippen LogP contribution in [0, 0.1) is 18.8 Å². The second-order valence-electron chi connectivity index (χ2n) is 5.24. The predicted octanol–water partition coefficient (Wildman–Crippen LogP) is 3.59. The molecule has 3 aromatic rings. The Morgan fingerprint density at radius 2 is 1.79 bits per heavy atom. The van der Waals surface area contributed by atoms with Crippen LogP contribution in [-0.2, 0) is 6.54 Å². The molecule has 0 spiro atoms. The number of hydrogen-bond acceptors (Lipinski definition) is 3. The lowest BCUT2D eigenvalue weighted by Gasteiger charge is -2.10. The second-order valence-corrected chi connectivity index (χ2v) is 5.68. The fourth-order valence-corrected chi connectivity index (χ4v) is 2.43. The fraction of sp³-hybridized carbons (Fsp3) is 0.118. The number of nitrogens with zero attached hydrogens (tertiary/aromatic N) is 3. The summed E-state index contributed by atoms with van der Waals surface area (Å²) in [4.78, 5) is 19.5. The van der Waals surface area contributed by atoms with Gasteiger partial charge in [-0.1, -0.05) is 23.7 Å². The summed E-state index contributed by atoms with van der Waals surface area (Å²) in [5.74, 6) is -1.89. The lowest BCUT2D eigenvalue weighted by molar-refractivity contribution is 0.514. The zero-order chi connectivity index (χ0) is 17.3. The van der Waals surface area contributed by atoms with Crippen molar-refractivity contribution in [3.05, 3.63) is 81.1 Å². The number of aryl methyl sites for hydroxylation is 1. The predicted molar refractivity (Wildman–Crippen MR) is 86.9 cm³/mol. The van der Waals surface area contributed by atoms with Gasteiger partial charge in [0.15, 0.2) is 0 Å². The first-order valence-electron chi connectivity index (χ1n) is 7.09. The minimum Gasteiger partial charge on any atom is -0.307 e. The molecule has 0 aliphatic rings. The van der Waals surface area contributed by atoms with Crippen LogP contribution >= 0.6 is 11.6 Å². The van der Waals surface area contributed by atoms with Gasteiger partial charge in [-0.15, -0.1) is 0 Å². The summed E-state index contributed by atoms with van der Waals surface area (Å²) in [6.07, 6.45) is 1.43. The lowest BCUT2D eigenvalue weighted by Crippen LogP contribution is -2.24. The molecule has 0 fully saturated rings.